The van der Waals surface area contributed by atoms with Gasteiger partial charge in [-0.15, -0.1) is 0 Å². The molecule has 0 bridgehead atoms. The molecule has 4 rings (SSSR count). The Bertz CT molecular complexity index is 756. The van der Waals surface area contributed by atoms with Crippen LogP contribution in [0.4, 0.5) is 0 Å². The summed E-state index contributed by atoms with van der Waals surface area (Å²) in [6.45, 7) is 3.35. The molecule has 28 heavy (non-hydrogen) atoms. The fourth-order valence-electron chi connectivity index (χ4n) is 5.22. The normalized spacial score (nSPS) is 23.1. The zero-order valence-corrected chi connectivity index (χ0v) is 17.3. The van der Waals surface area contributed by atoms with Crippen LogP contribution in [0.2, 0.25) is 5.02 Å². The number of benzene rings is 1. The van der Waals surface area contributed by atoms with Gasteiger partial charge < -0.3 is 14.5 Å². The van der Waals surface area contributed by atoms with Gasteiger partial charge in [0.15, 0.2) is 0 Å². The largest absolute Gasteiger partial charge is 0.496 e. The van der Waals surface area contributed by atoms with Gasteiger partial charge in [-0.3, -0.25) is 9.59 Å². The second kappa shape index (κ2) is 7.94. The summed E-state index contributed by atoms with van der Waals surface area (Å²) in [5.41, 5.74) is 0.774. The first kappa shape index (κ1) is 19.6. The van der Waals surface area contributed by atoms with Crippen LogP contribution in [0, 0.1) is 11.3 Å². The van der Waals surface area contributed by atoms with E-state index in [4.69, 9.17) is 16.3 Å². The summed E-state index contributed by atoms with van der Waals surface area (Å²) in [5.74, 6) is 1.23. The smallest absolute Gasteiger partial charge is 0.257 e. The molecule has 1 aromatic carbocycles. The maximum Gasteiger partial charge on any atom is 0.257 e. The highest BCUT2D eigenvalue weighted by Crippen LogP contribution is 2.53. The zero-order valence-electron chi connectivity index (χ0n) is 16.6. The molecule has 1 unspecified atom stereocenters. The number of rotatable bonds is 5. The summed E-state index contributed by atoms with van der Waals surface area (Å²) in [6.07, 6.45) is 7.31. The lowest BCUT2D eigenvalue weighted by molar-refractivity contribution is -0.130. The number of halogens is 1. The van der Waals surface area contributed by atoms with Crippen LogP contribution in [-0.4, -0.2) is 54.9 Å². The van der Waals surface area contributed by atoms with Crippen molar-refractivity contribution in [3.8, 4) is 5.75 Å². The summed E-state index contributed by atoms with van der Waals surface area (Å²) in [5, 5.41) is 0.559. The highest BCUT2D eigenvalue weighted by molar-refractivity contribution is 6.30. The molecule has 152 valence electrons. The quantitative estimate of drug-likeness (QED) is 0.745. The van der Waals surface area contributed by atoms with Crippen molar-refractivity contribution in [2.75, 3.05) is 33.3 Å². The fraction of sp³-hybridized carbons (Fsp3) is 0.636. The molecule has 3 fully saturated rings. The van der Waals surface area contributed by atoms with Crippen LogP contribution in [0.25, 0.3) is 0 Å². The molecule has 2 heterocycles. The minimum atomic E-state index is 0.00756. The SMILES string of the molecule is COc1cc(Cl)ccc1C(=O)N1CC(CCC(=O)N2CCCC2)C2(CCC2)C1. The second-order valence-electron chi connectivity index (χ2n) is 8.57. The van der Waals surface area contributed by atoms with Crippen LogP contribution in [0.1, 0.15) is 55.3 Å². The van der Waals surface area contributed by atoms with Gasteiger partial charge in [0, 0.05) is 37.6 Å². The summed E-state index contributed by atoms with van der Waals surface area (Å²) >= 11 is 6.04. The van der Waals surface area contributed by atoms with Gasteiger partial charge in [0.1, 0.15) is 5.75 Å². The molecule has 0 aromatic heterocycles. The Morgan fingerprint density at radius 1 is 1.18 bits per heavy atom. The fourth-order valence-corrected chi connectivity index (χ4v) is 5.38. The van der Waals surface area contributed by atoms with Crippen molar-refractivity contribution in [2.24, 2.45) is 11.3 Å². The maximum absolute atomic E-state index is 13.2. The van der Waals surface area contributed by atoms with Gasteiger partial charge in [-0.2, -0.15) is 0 Å². The third-order valence-electron chi connectivity index (χ3n) is 7.01. The number of hydrogen-bond donors (Lipinski definition) is 0. The highest BCUT2D eigenvalue weighted by Gasteiger charge is 2.51. The molecule has 1 saturated carbocycles. The van der Waals surface area contributed by atoms with Crippen LogP contribution in [0.3, 0.4) is 0 Å². The molecule has 2 saturated heterocycles. The molecule has 2 amide bonds. The molecule has 1 spiro atoms. The van der Waals surface area contributed by atoms with Gasteiger partial charge >= 0.3 is 0 Å². The van der Waals surface area contributed by atoms with Crippen molar-refractivity contribution in [2.45, 2.75) is 44.9 Å². The minimum absolute atomic E-state index is 0.00756. The van der Waals surface area contributed by atoms with Gasteiger partial charge in [0.2, 0.25) is 5.91 Å². The lowest BCUT2D eigenvalue weighted by Gasteiger charge is -2.43. The molecule has 1 aliphatic carbocycles. The molecular weight excluding hydrogens is 376 g/mol. The van der Waals surface area contributed by atoms with Crippen LogP contribution in [0.5, 0.6) is 5.75 Å². The van der Waals surface area contributed by atoms with E-state index in [0.717, 1.165) is 58.3 Å². The van der Waals surface area contributed by atoms with E-state index in [9.17, 15) is 9.59 Å². The Labute approximate surface area is 172 Å². The van der Waals surface area contributed by atoms with Crippen LogP contribution < -0.4 is 4.74 Å². The maximum atomic E-state index is 13.2. The number of carbonyl (C=O) groups is 2. The average molecular weight is 405 g/mol. The van der Waals surface area contributed by atoms with Gasteiger partial charge in [-0.05, 0) is 61.6 Å². The number of methoxy groups -OCH3 is 1. The van der Waals surface area contributed by atoms with Crippen LogP contribution in [-0.2, 0) is 4.79 Å². The van der Waals surface area contributed by atoms with Gasteiger partial charge in [0.05, 0.1) is 12.7 Å². The monoisotopic (exact) mass is 404 g/mol. The topological polar surface area (TPSA) is 49.9 Å². The van der Waals surface area contributed by atoms with Crippen molar-refractivity contribution in [3.63, 3.8) is 0 Å². The van der Waals surface area contributed by atoms with E-state index in [0.29, 0.717) is 28.7 Å². The molecule has 2 aliphatic heterocycles. The number of likely N-dealkylation sites (tertiary alicyclic amines) is 2. The molecule has 1 atom stereocenters. The van der Waals surface area contributed by atoms with E-state index in [2.05, 4.69) is 0 Å². The predicted molar refractivity (Wildman–Crippen MR) is 109 cm³/mol. The van der Waals surface area contributed by atoms with Crippen molar-refractivity contribution >= 4 is 23.4 Å². The third kappa shape index (κ3) is 3.61. The van der Waals surface area contributed by atoms with Crippen LogP contribution >= 0.6 is 11.6 Å². The van der Waals surface area contributed by atoms with Gasteiger partial charge in [-0.25, -0.2) is 0 Å². The lowest BCUT2D eigenvalue weighted by atomic mass is 9.62. The van der Waals surface area contributed by atoms with Crippen molar-refractivity contribution in [1.29, 1.82) is 0 Å². The Morgan fingerprint density at radius 3 is 2.57 bits per heavy atom. The molecule has 1 aromatic rings. The first-order valence-corrected chi connectivity index (χ1v) is 10.8. The highest BCUT2D eigenvalue weighted by atomic mass is 35.5. The van der Waals surface area contributed by atoms with Gasteiger partial charge in [0.25, 0.3) is 5.91 Å². The van der Waals surface area contributed by atoms with Crippen molar-refractivity contribution < 1.29 is 14.3 Å². The standard InChI is InChI=1S/C22H29ClN2O3/c1-28-19-13-17(23)6-7-18(19)21(27)25-14-16(22(15-25)9-4-10-22)5-8-20(26)24-11-2-3-12-24/h6-7,13,16H,2-5,8-12,14-15H2,1H3. The Hall–Kier alpha value is -1.75. The Morgan fingerprint density at radius 2 is 1.93 bits per heavy atom. The predicted octanol–water partition coefficient (Wildman–Crippen LogP) is 3.99. The lowest BCUT2D eigenvalue weighted by Crippen LogP contribution is -2.39. The van der Waals surface area contributed by atoms with E-state index in [1.807, 2.05) is 9.80 Å². The first-order valence-electron chi connectivity index (χ1n) is 10.4. The number of nitrogens with zero attached hydrogens (tertiary/aromatic N) is 2. The average Bonchev–Trinajstić information content (AvgIpc) is 3.33. The summed E-state index contributed by atoms with van der Waals surface area (Å²) < 4.78 is 5.38. The molecule has 5 nitrogen and oxygen atoms in total. The van der Waals surface area contributed by atoms with E-state index < -0.39 is 0 Å². The zero-order chi connectivity index (χ0) is 19.7. The Balaban J connectivity index is 1.44. The molecule has 0 radical (unpaired) electrons. The summed E-state index contributed by atoms with van der Waals surface area (Å²) in [7, 11) is 1.56. The molecule has 6 heteroatoms. The second-order valence-corrected chi connectivity index (χ2v) is 9.01. The minimum Gasteiger partial charge on any atom is -0.496 e. The number of hydrogen-bond acceptors (Lipinski definition) is 3. The van der Waals surface area contributed by atoms with Crippen molar-refractivity contribution in [1.82, 2.24) is 9.80 Å². The first-order chi connectivity index (χ1) is 13.5. The van der Waals surface area contributed by atoms with E-state index in [-0.39, 0.29) is 17.2 Å². The third-order valence-corrected chi connectivity index (χ3v) is 7.24. The molecule has 0 N–H and O–H groups in total. The number of carbonyl (C=O) groups excluding carboxylic acids is 2. The van der Waals surface area contributed by atoms with E-state index in [1.165, 1.54) is 6.42 Å². The Kier molecular flexibility index (Phi) is 5.55. The van der Waals surface area contributed by atoms with E-state index >= 15 is 0 Å². The summed E-state index contributed by atoms with van der Waals surface area (Å²) in [6, 6.07) is 5.18. The molecular formula is C22H29ClN2O3. The van der Waals surface area contributed by atoms with E-state index in [1.54, 1.807) is 25.3 Å². The molecule has 3 aliphatic rings. The van der Waals surface area contributed by atoms with Gasteiger partial charge in [-0.1, -0.05) is 18.0 Å². The van der Waals surface area contributed by atoms with Crippen LogP contribution in [0.15, 0.2) is 18.2 Å². The number of ether oxygens (including phenoxy) is 1. The van der Waals surface area contributed by atoms with Crippen molar-refractivity contribution in [3.05, 3.63) is 28.8 Å². The number of amides is 2. The summed E-state index contributed by atoms with van der Waals surface area (Å²) in [4.78, 5) is 29.6.